The summed E-state index contributed by atoms with van der Waals surface area (Å²) in [6, 6.07) is 7.62. The second-order valence-corrected chi connectivity index (χ2v) is 4.43. The van der Waals surface area contributed by atoms with E-state index in [0.29, 0.717) is 0 Å². The van der Waals surface area contributed by atoms with Gasteiger partial charge in [0.2, 0.25) is 5.76 Å². The Morgan fingerprint density at radius 2 is 1.93 bits per heavy atom. The van der Waals surface area contributed by atoms with E-state index in [1.54, 1.807) is 12.1 Å². The second-order valence-electron chi connectivity index (χ2n) is 2.89. The van der Waals surface area contributed by atoms with Crippen molar-refractivity contribution in [3.63, 3.8) is 0 Å². The van der Waals surface area contributed by atoms with Crippen LogP contribution in [0.5, 0.6) is 0 Å². The lowest BCUT2D eigenvalue weighted by molar-refractivity contribution is 0.424. The molecule has 0 fully saturated rings. The quantitative estimate of drug-likeness (QED) is 0.444. The Bertz CT molecular complexity index is 509. The van der Waals surface area contributed by atoms with Crippen molar-refractivity contribution in [2.45, 2.75) is 11.8 Å². The molecule has 4 nitrogen and oxygen atoms in total. The topological polar surface area (TPSA) is 67.2 Å². The summed E-state index contributed by atoms with van der Waals surface area (Å²) in [5, 5.41) is 8.35. The maximum Gasteiger partial charge on any atom is 0.339 e. The lowest BCUT2D eigenvalue weighted by Crippen LogP contribution is -2.04. The fraction of sp³-hybridized carbons (Fsp3) is 0.100. The summed E-state index contributed by atoms with van der Waals surface area (Å²) in [7, 11) is -3.91. The van der Waals surface area contributed by atoms with Gasteiger partial charge in [0.15, 0.2) is 0 Å². The number of hydrogen-bond acceptors (Lipinski definition) is 4. The van der Waals surface area contributed by atoms with Crippen LogP contribution in [0.1, 0.15) is 5.56 Å². The number of allylic oxidation sites excluding steroid dienone is 1. The number of nitriles is 1. The number of benzene rings is 1. The Morgan fingerprint density at radius 1 is 1.40 bits per heavy atom. The summed E-state index contributed by atoms with van der Waals surface area (Å²) < 4.78 is 27.4. The minimum Gasteiger partial charge on any atom is -0.368 e. The molecule has 0 saturated heterocycles. The Balaban J connectivity index is 3.03. The first-order chi connectivity index (χ1) is 6.95. The molecule has 0 heterocycles. The van der Waals surface area contributed by atoms with Crippen molar-refractivity contribution in [3.05, 3.63) is 42.2 Å². The average Bonchev–Trinajstić information content (AvgIpc) is 2.17. The van der Waals surface area contributed by atoms with Crippen LogP contribution in [0.3, 0.4) is 0 Å². The summed E-state index contributed by atoms with van der Waals surface area (Å²) in [5.41, 5.74) is 0.938. The molecule has 0 N–H and O–H groups in total. The summed E-state index contributed by atoms with van der Waals surface area (Å²) in [5.74, 6) is -0.449. The summed E-state index contributed by atoms with van der Waals surface area (Å²) >= 11 is 0. The first kappa shape index (κ1) is 11.3. The van der Waals surface area contributed by atoms with Crippen molar-refractivity contribution in [2.75, 3.05) is 0 Å². The van der Waals surface area contributed by atoms with Gasteiger partial charge >= 0.3 is 10.1 Å². The van der Waals surface area contributed by atoms with Gasteiger partial charge < -0.3 is 4.18 Å². The maximum atomic E-state index is 11.5. The molecule has 15 heavy (non-hydrogen) atoms. The molecule has 1 aromatic carbocycles. The van der Waals surface area contributed by atoms with Crippen molar-refractivity contribution < 1.29 is 12.6 Å². The lowest BCUT2D eigenvalue weighted by Gasteiger charge is -2.04. The molecule has 0 aromatic heterocycles. The molecular formula is C10H9NO3S. The monoisotopic (exact) mass is 223 g/mol. The minimum atomic E-state index is -3.91. The number of aryl methyl sites for hydroxylation is 1. The van der Waals surface area contributed by atoms with E-state index in [1.165, 1.54) is 18.2 Å². The van der Waals surface area contributed by atoms with Crippen LogP contribution in [0.2, 0.25) is 0 Å². The smallest absolute Gasteiger partial charge is 0.339 e. The maximum absolute atomic E-state index is 11.5. The van der Waals surface area contributed by atoms with E-state index in [2.05, 4.69) is 10.8 Å². The van der Waals surface area contributed by atoms with Gasteiger partial charge in [0.1, 0.15) is 11.0 Å². The van der Waals surface area contributed by atoms with Crippen LogP contribution >= 0.6 is 0 Å². The molecule has 0 amide bonds. The first-order valence-corrected chi connectivity index (χ1v) is 5.47. The summed E-state index contributed by atoms with van der Waals surface area (Å²) in [4.78, 5) is 0.00417. The normalized spacial score (nSPS) is 10.4. The highest BCUT2D eigenvalue weighted by molar-refractivity contribution is 7.86. The van der Waals surface area contributed by atoms with Crippen molar-refractivity contribution >= 4 is 10.1 Å². The number of rotatable bonds is 3. The van der Waals surface area contributed by atoms with E-state index in [0.717, 1.165) is 5.56 Å². The number of hydrogen-bond donors (Lipinski definition) is 0. The fourth-order valence-electron chi connectivity index (χ4n) is 0.904. The highest BCUT2D eigenvalue weighted by Crippen LogP contribution is 2.15. The van der Waals surface area contributed by atoms with Crippen molar-refractivity contribution in [3.8, 4) is 6.07 Å². The van der Waals surface area contributed by atoms with E-state index < -0.39 is 15.9 Å². The SMILES string of the molecule is C=C(C#N)OS(=O)(=O)c1ccc(C)cc1. The minimum absolute atomic E-state index is 0.00417. The third kappa shape index (κ3) is 2.82. The molecule has 0 aliphatic rings. The number of nitrogens with zero attached hydrogens (tertiary/aromatic N) is 1. The standard InChI is InChI=1S/C10H9NO3S/c1-8-3-5-10(6-4-8)15(12,13)14-9(2)7-11/h3-6H,2H2,1H3. The molecular weight excluding hydrogens is 214 g/mol. The van der Waals surface area contributed by atoms with Crippen LogP contribution in [0.15, 0.2) is 41.5 Å². The highest BCUT2D eigenvalue weighted by Gasteiger charge is 2.16. The first-order valence-electron chi connectivity index (χ1n) is 4.06. The van der Waals surface area contributed by atoms with Crippen LogP contribution in [-0.2, 0) is 14.3 Å². The van der Waals surface area contributed by atoms with Crippen LogP contribution < -0.4 is 0 Å². The zero-order valence-electron chi connectivity index (χ0n) is 8.10. The third-order valence-corrected chi connectivity index (χ3v) is 2.91. The van der Waals surface area contributed by atoms with Crippen LogP contribution in [0.25, 0.3) is 0 Å². The molecule has 0 aliphatic heterocycles. The molecule has 5 heteroatoms. The van der Waals surface area contributed by atoms with E-state index in [-0.39, 0.29) is 4.90 Å². The van der Waals surface area contributed by atoms with E-state index in [9.17, 15) is 8.42 Å². The van der Waals surface area contributed by atoms with Crippen molar-refractivity contribution in [1.82, 2.24) is 0 Å². The molecule has 0 saturated carbocycles. The second kappa shape index (κ2) is 4.15. The predicted molar refractivity (Wildman–Crippen MR) is 54.2 cm³/mol. The average molecular weight is 223 g/mol. The van der Waals surface area contributed by atoms with Gasteiger partial charge in [-0.3, -0.25) is 0 Å². The zero-order valence-corrected chi connectivity index (χ0v) is 8.91. The van der Waals surface area contributed by atoms with Crippen molar-refractivity contribution in [1.29, 1.82) is 5.26 Å². The summed E-state index contributed by atoms with van der Waals surface area (Å²) in [6.07, 6.45) is 0. The Labute approximate surface area is 88.5 Å². The molecule has 0 unspecified atom stereocenters. The van der Waals surface area contributed by atoms with Gasteiger partial charge in [-0.25, -0.2) is 0 Å². The van der Waals surface area contributed by atoms with E-state index in [4.69, 9.17) is 5.26 Å². The molecule has 0 bridgehead atoms. The molecule has 1 rings (SSSR count). The van der Waals surface area contributed by atoms with Gasteiger partial charge in [-0.2, -0.15) is 13.7 Å². The van der Waals surface area contributed by atoms with E-state index in [1.807, 2.05) is 6.92 Å². The fourth-order valence-corrected chi connectivity index (χ4v) is 1.77. The zero-order chi connectivity index (χ0) is 11.5. The van der Waals surface area contributed by atoms with Crippen LogP contribution in [-0.4, -0.2) is 8.42 Å². The van der Waals surface area contributed by atoms with Gasteiger partial charge in [-0.1, -0.05) is 17.7 Å². The highest BCUT2D eigenvalue weighted by atomic mass is 32.2. The molecule has 1 aromatic rings. The van der Waals surface area contributed by atoms with Gasteiger partial charge in [-0.05, 0) is 25.6 Å². The largest absolute Gasteiger partial charge is 0.368 e. The van der Waals surface area contributed by atoms with Crippen LogP contribution in [0.4, 0.5) is 0 Å². The molecule has 78 valence electrons. The lowest BCUT2D eigenvalue weighted by atomic mass is 10.2. The molecule has 0 atom stereocenters. The van der Waals surface area contributed by atoms with E-state index >= 15 is 0 Å². The van der Waals surface area contributed by atoms with Crippen LogP contribution in [0, 0.1) is 18.3 Å². The van der Waals surface area contributed by atoms with Crippen molar-refractivity contribution in [2.24, 2.45) is 0 Å². The molecule has 0 spiro atoms. The van der Waals surface area contributed by atoms with Gasteiger partial charge in [0, 0.05) is 0 Å². The Hall–Kier alpha value is -1.80. The van der Waals surface area contributed by atoms with Gasteiger partial charge in [-0.15, -0.1) is 0 Å². The summed E-state index contributed by atoms with van der Waals surface area (Å²) in [6.45, 7) is 4.98. The Kier molecular flexibility index (Phi) is 3.12. The molecule has 0 radical (unpaired) electrons. The van der Waals surface area contributed by atoms with Gasteiger partial charge in [0.25, 0.3) is 0 Å². The third-order valence-electron chi connectivity index (χ3n) is 1.64. The Morgan fingerprint density at radius 3 is 2.40 bits per heavy atom. The molecule has 0 aliphatic carbocycles. The van der Waals surface area contributed by atoms with Gasteiger partial charge in [0.05, 0.1) is 0 Å². The predicted octanol–water partition coefficient (Wildman–Crippen LogP) is 1.74.